The van der Waals surface area contributed by atoms with E-state index >= 15 is 0 Å². The first kappa shape index (κ1) is 18.3. The van der Waals surface area contributed by atoms with Crippen LogP contribution in [-0.4, -0.2) is 35.9 Å². The number of amides is 2. The average Bonchev–Trinajstić information content (AvgIpc) is 2.60. The Morgan fingerprint density at radius 3 is 2.68 bits per heavy atom. The lowest BCUT2D eigenvalue weighted by Crippen LogP contribution is -2.32. The Labute approximate surface area is 147 Å². The normalized spacial score (nSPS) is 10.0. The zero-order valence-corrected chi connectivity index (χ0v) is 13.5. The molecule has 0 bridgehead atoms. The molecule has 2 rings (SSSR count). The number of carbonyl (C=O) groups is 3. The molecule has 2 N–H and O–H groups in total. The minimum absolute atomic E-state index is 0.0242. The van der Waals surface area contributed by atoms with Gasteiger partial charge < -0.3 is 15.4 Å². The molecule has 0 saturated heterocycles. The number of halogens is 2. The number of ether oxygens (including phenoxy) is 1. The van der Waals surface area contributed by atoms with Gasteiger partial charge in [0.25, 0.3) is 11.8 Å². The summed E-state index contributed by atoms with van der Waals surface area (Å²) in [6.45, 7) is -1.07. The lowest BCUT2D eigenvalue weighted by Gasteiger charge is -2.08. The zero-order valence-electron chi connectivity index (χ0n) is 12.8. The topological polar surface area (TPSA) is 97.4 Å². The number of anilines is 1. The summed E-state index contributed by atoms with van der Waals surface area (Å²) in [5, 5.41) is 4.87. The molecule has 0 radical (unpaired) electrons. The van der Waals surface area contributed by atoms with Crippen molar-refractivity contribution in [2.24, 2.45) is 0 Å². The first-order valence-electron chi connectivity index (χ1n) is 7.05. The van der Waals surface area contributed by atoms with Crippen LogP contribution in [-0.2, 0) is 14.3 Å². The van der Waals surface area contributed by atoms with Crippen molar-refractivity contribution < 1.29 is 23.5 Å². The molecule has 0 aliphatic carbocycles. The molecular weight excluding hydrogens is 353 g/mol. The largest absolute Gasteiger partial charge is 0.454 e. The van der Waals surface area contributed by atoms with E-state index in [2.05, 4.69) is 15.6 Å². The van der Waals surface area contributed by atoms with Gasteiger partial charge in [0.2, 0.25) is 0 Å². The maximum atomic E-state index is 13.4. The molecule has 1 aromatic heterocycles. The van der Waals surface area contributed by atoms with E-state index in [1.54, 1.807) is 6.07 Å². The third-order valence-corrected chi connectivity index (χ3v) is 3.10. The number of rotatable bonds is 6. The van der Waals surface area contributed by atoms with Crippen LogP contribution in [0.5, 0.6) is 0 Å². The van der Waals surface area contributed by atoms with Gasteiger partial charge in [-0.15, -0.1) is 0 Å². The smallest absolute Gasteiger partial charge is 0.325 e. The van der Waals surface area contributed by atoms with Gasteiger partial charge in [0, 0.05) is 11.2 Å². The van der Waals surface area contributed by atoms with Crippen molar-refractivity contribution in [3.63, 3.8) is 0 Å². The van der Waals surface area contributed by atoms with Gasteiger partial charge in [-0.3, -0.25) is 19.4 Å². The molecule has 9 heteroatoms. The van der Waals surface area contributed by atoms with Gasteiger partial charge in [-0.25, -0.2) is 4.39 Å². The van der Waals surface area contributed by atoms with Gasteiger partial charge >= 0.3 is 5.97 Å². The summed E-state index contributed by atoms with van der Waals surface area (Å²) in [6.07, 6.45) is 1.35. The van der Waals surface area contributed by atoms with E-state index in [0.717, 1.165) is 0 Å². The Morgan fingerprint density at radius 1 is 1.20 bits per heavy atom. The lowest BCUT2D eigenvalue weighted by atomic mass is 10.3. The predicted octanol–water partition coefficient (Wildman–Crippen LogP) is 1.79. The number of pyridine rings is 1. The first-order chi connectivity index (χ1) is 12.0. The molecule has 0 saturated carbocycles. The highest BCUT2D eigenvalue weighted by Gasteiger charge is 2.12. The molecule has 25 heavy (non-hydrogen) atoms. The molecule has 130 valence electrons. The van der Waals surface area contributed by atoms with Crippen LogP contribution < -0.4 is 10.6 Å². The molecule has 0 fully saturated rings. The fourth-order valence-electron chi connectivity index (χ4n) is 1.72. The Balaban J connectivity index is 1.74. The van der Waals surface area contributed by atoms with Crippen molar-refractivity contribution in [2.75, 3.05) is 18.5 Å². The van der Waals surface area contributed by atoms with E-state index in [4.69, 9.17) is 16.3 Å². The molecule has 0 aliphatic heterocycles. The quantitative estimate of drug-likeness (QED) is 0.760. The number of hydrogen-bond donors (Lipinski definition) is 2. The zero-order chi connectivity index (χ0) is 18.2. The van der Waals surface area contributed by atoms with E-state index in [1.807, 2.05) is 0 Å². The summed E-state index contributed by atoms with van der Waals surface area (Å²) in [7, 11) is 0. The second kappa shape index (κ2) is 8.74. The molecule has 2 amide bonds. The molecular formula is C16H13ClFN3O4. The standard InChI is InChI=1S/C16H13ClFN3O4/c17-10-5-6-19-13(7-10)16(24)20-8-15(23)25-9-14(22)21-12-4-2-1-3-11(12)18/h1-7H,8-9H2,(H,20,24)(H,21,22). The van der Waals surface area contributed by atoms with Crippen LogP contribution in [0.2, 0.25) is 5.02 Å². The number of aromatic nitrogens is 1. The van der Waals surface area contributed by atoms with E-state index < -0.39 is 36.8 Å². The molecule has 1 heterocycles. The second-order valence-corrected chi connectivity index (χ2v) is 5.17. The van der Waals surface area contributed by atoms with Gasteiger partial charge in [-0.1, -0.05) is 23.7 Å². The number of carbonyl (C=O) groups excluding carboxylic acids is 3. The van der Waals surface area contributed by atoms with Crippen LogP contribution in [0.15, 0.2) is 42.6 Å². The Kier molecular flexibility index (Phi) is 6.41. The highest BCUT2D eigenvalue weighted by molar-refractivity contribution is 6.30. The average molecular weight is 366 g/mol. The Bertz CT molecular complexity index is 800. The number of benzene rings is 1. The lowest BCUT2D eigenvalue weighted by molar-refractivity contribution is -0.146. The van der Waals surface area contributed by atoms with E-state index in [-0.39, 0.29) is 11.4 Å². The van der Waals surface area contributed by atoms with Crippen molar-refractivity contribution >= 4 is 35.1 Å². The first-order valence-corrected chi connectivity index (χ1v) is 7.43. The molecule has 0 aliphatic rings. The van der Waals surface area contributed by atoms with Crippen LogP contribution in [0.3, 0.4) is 0 Å². The van der Waals surface area contributed by atoms with Crippen molar-refractivity contribution in [1.29, 1.82) is 0 Å². The summed E-state index contributed by atoms with van der Waals surface area (Å²) in [6, 6.07) is 8.41. The highest BCUT2D eigenvalue weighted by Crippen LogP contribution is 2.12. The molecule has 0 spiro atoms. The summed E-state index contributed by atoms with van der Waals surface area (Å²) in [5.41, 5.74) is 0.0153. The number of nitrogens with one attached hydrogen (secondary N) is 2. The van der Waals surface area contributed by atoms with Crippen LogP contribution in [0.4, 0.5) is 10.1 Å². The molecule has 0 atom stereocenters. The summed E-state index contributed by atoms with van der Waals surface area (Å²) < 4.78 is 18.1. The van der Waals surface area contributed by atoms with Gasteiger partial charge in [0.05, 0.1) is 5.69 Å². The third kappa shape index (κ3) is 5.85. The summed E-state index contributed by atoms with van der Waals surface area (Å²) in [4.78, 5) is 38.7. The fraction of sp³-hybridized carbons (Fsp3) is 0.125. The number of nitrogens with zero attached hydrogens (tertiary/aromatic N) is 1. The number of hydrogen-bond acceptors (Lipinski definition) is 5. The van der Waals surface area contributed by atoms with Gasteiger partial charge in [-0.2, -0.15) is 0 Å². The van der Waals surface area contributed by atoms with Crippen molar-refractivity contribution in [3.05, 3.63) is 59.1 Å². The van der Waals surface area contributed by atoms with Crippen LogP contribution in [0.1, 0.15) is 10.5 Å². The fourth-order valence-corrected chi connectivity index (χ4v) is 1.88. The second-order valence-electron chi connectivity index (χ2n) is 4.73. The number of para-hydroxylation sites is 1. The van der Waals surface area contributed by atoms with Crippen molar-refractivity contribution in [2.45, 2.75) is 0 Å². The Hall–Kier alpha value is -3.00. The van der Waals surface area contributed by atoms with Gasteiger partial charge in [0.1, 0.15) is 18.1 Å². The monoisotopic (exact) mass is 365 g/mol. The maximum absolute atomic E-state index is 13.4. The maximum Gasteiger partial charge on any atom is 0.325 e. The minimum Gasteiger partial charge on any atom is -0.454 e. The molecule has 1 aromatic carbocycles. The van der Waals surface area contributed by atoms with E-state index in [1.165, 1.54) is 36.5 Å². The van der Waals surface area contributed by atoms with E-state index in [0.29, 0.717) is 5.02 Å². The minimum atomic E-state index is -0.834. The SMILES string of the molecule is O=C(COC(=O)CNC(=O)c1cc(Cl)ccn1)Nc1ccccc1F. The molecule has 0 unspecified atom stereocenters. The highest BCUT2D eigenvalue weighted by atomic mass is 35.5. The summed E-state index contributed by atoms with van der Waals surface area (Å²) in [5.74, 6) is -2.76. The predicted molar refractivity (Wildman–Crippen MR) is 87.6 cm³/mol. The van der Waals surface area contributed by atoms with Gasteiger partial charge in [0.15, 0.2) is 6.61 Å². The third-order valence-electron chi connectivity index (χ3n) is 2.86. The van der Waals surface area contributed by atoms with Crippen LogP contribution >= 0.6 is 11.6 Å². The van der Waals surface area contributed by atoms with Crippen molar-refractivity contribution in [3.8, 4) is 0 Å². The Morgan fingerprint density at radius 2 is 1.96 bits per heavy atom. The number of esters is 1. The van der Waals surface area contributed by atoms with Crippen molar-refractivity contribution in [1.82, 2.24) is 10.3 Å². The van der Waals surface area contributed by atoms with Crippen LogP contribution in [0.25, 0.3) is 0 Å². The van der Waals surface area contributed by atoms with Gasteiger partial charge in [-0.05, 0) is 24.3 Å². The summed E-state index contributed by atoms with van der Waals surface area (Å²) >= 11 is 5.73. The van der Waals surface area contributed by atoms with Crippen LogP contribution in [0, 0.1) is 5.82 Å². The molecule has 2 aromatic rings. The van der Waals surface area contributed by atoms with E-state index in [9.17, 15) is 18.8 Å². The molecule has 7 nitrogen and oxygen atoms in total.